The summed E-state index contributed by atoms with van der Waals surface area (Å²) in [5.74, 6) is -0.109. The van der Waals surface area contributed by atoms with Crippen molar-refractivity contribution in [3.8, 4) is 0 Å². The van der Waals surface area contributed by atoms with Gasteiger partial charge in [-0.25, -0.2) is 0 Å². The number of hydrogen-bond donors (Lipinski definition) is 4. The molecule has 4 nitrogen and oxygen atoms in total. The van der Waals surface area contributed by atoms with E-state index in [4.69, 9.17) is 5.11 Å². The molecule has 4 heteroatoms. The fraction of sp³-hybridized carbons (Fsp3) is 0.789. The van der Waals surface area contributed by atoms with Gasteiger partial charge in [-0.05, 0) is 31.6 Å². The Morgan fingerprint density at radius 3 is 2.57 bits per heavy atom. The second-order valence-corrected chi connectivity index (χ2v) is 6.63. The maximum Gasteiger partial charge on any atom is 0.0721 e. The first-order valence-electron chi connectivity index (χ1n) is 9.08. The van der Waals surface area contributed by atoms with E-state index in [1.54, 1.807) is 6.08 Å². The summed E-state index contributed by atoms with van der Waals surface area (Å²) < 4.78 is 0. The van der Waals surface area contributed by atoms with Crippen LogP contribution in [0.5, 0.6) is 0 Å². The van der Waals surface area contributed by atoms with Crippen LogP contribution in [-0.2, 0) is 0 Å². The van der Waals surface area contributed by atoms with Gasteiger partial charge in [0.2, 0.25) is 0 Å². The summed E-state index contributed by atoms with van der Waals surface area (Å²) in [6, 6.07) is 0. The highest BCUT2D eigenvalue weighted by molar-refractivity contribution is 5.06. The van der Waals surface area contributed by atoms with Crippen LogP contribution in [-0.4, -0.2) is 45.3 Å². The van der Waals surface area contributed by atoms with Crippen LogP contribution in [0.3, 0.4) is 0 Å². The molecule has 1 fully saturated rings. The van der Waals surface area contributed by atoms with Gasteiger partial charge in [0.05, 0.1) is 18.3 Å². The molecule has 0 aromatic heterocycles. The monoisotopic (exact) mass is 326 g/mol. The van der Waals surface area contributed by atoms with E-state index < -0.39 is 18.3 Å². The number of rotatable bonds is 11. The molecule has 0 spiro atoms. The maximum absolute atomic E-state index is 10.1. The van der Waals surface area contributed by atoms with Crippen LogP contribution in [0.4, 0.5) is 0 Å². The summed E-state index contributed by atoms with van der Waals surface area (Å²) in [5.41, 5.74) is 0. The van der Waals surface area contributed by atoms with Crippen LogP contribution in [0, 0.1) is 11.8 Å². The number of aliphatic hydroxyl groups is 4. The lowest BCUT2D eigenvalue weighted by molar-refractivity contribution is 0.120. The highest BCUT2D eigenvalue weighted by Crippen LogP contribution is 2.36. The SMILES string of the molecule is CCCCC[C@H](O)/C=C/[C@@H]1[C@@H](C/C=C\CCCO)[C@@H](O)C[C@H]1O. The number of hydrogen-bond acceptors (Lipinski definition) is 4. The van der Waals surface area contributed by atoms with E-state index in [9.17, 15) is 15.3 Å². The van der Waals surface area contributed by atoms with Crippen molar-refractivity contribution < 1.29 is 20.4 Å². The van der Waals surface area contributed by atoms with E-state index >= 15 is 0 Å². The van der Waals surface area contributed by atoms with Crippen LogP contribution in [0.1, 0.15) is 58.3 Å². The van der Waals surface area contributed by atoms with Crippen LogP contribution in [0.2, 0.25) is 0 Å². The number of allylic oxidation sites excluding steroid dienone is 2. The minimum absolute atomic E-state index is 0.00512. The predicted octanol–water partition coefficient (Wildman–Crippen LogP) is 2.56. The number of unbranched alkanes of at least 4 members (excludes halogenated alkanes) is 3. The van der Waals surface area contributed by atoms with Crippen molar-refractivity contribution >= 4 is 0 Å². The Morgan fingerprint density at radius 1 is 1.09 bits per heavy atom. The molecule has 0 radical (unpaired) electrons. The van der Waals surface area contributed by atoms with Gasteiger partial charge >= 0.3 is 0 Å². The normalized spacial score (nSPS) is 29.8. The van der Waals surface area contributed by atoms with E-state index in [1.165, 1.54) is 0 Å². The first kappa shape index (κ1) is 20.4. The molecule has 23 heavy (non-hydrogen) atoms. The summed E-state index contributed by atoms with van der Waals surface area (Å²) >= 11 is 0. The Morgan fingerprint density at radius 2 is 1.87 bits per heavy atom. The lowest BCUT2D eigenvalue weighted by Crippen LogP contribution is -2.20. The minimum atomic E-state index is -0.542. The summed E-state index contributed by atoms with van der Waals surface area (Å²) in [6.45, 7) is 2.33. The molecular formula is C19H34O4. The van der Waals surface area contributed by atoms with E-state index in [0.717, 1.165) is 38.5 Å². The van der Waals surface area contributed by atoms with Crippen molar-refractivity contribution in [2.75, 3.05) is 6.61 Å². The Balaban J connectivity index is 2.50. The molecule has 134 valence electrons. The fourth-order valence-corrected chi connectivity index (χ4v) is 3.24. The van der Waals surface area contributed by atoms with Gasteiger partial charge in [0.15, 0.2) is 0 Å². The summed E-state index contributed by atoms with van der Waals surface area (Å²) in [7, 11) is 0. The maximum atomic E-state index is 10.1. The first-order chi connectivity index (χ1) is 11.1. The van der Waals surface area contributed by atoms with Crippen molar-refractivity contribution in [2.45, 2.75) is 76.6 Å². The van der Waals surface area contributed by atoms with Crippen LogP contribution < -0.4 is 0 Å². The van der Waals surface area contributed by atoms with Crippen molar-refractivity contribution in [1.82, 2.24) is 0 Å². The van der Waals surface area contributed by atoms with Crippen molar-refractivity contribution in [1.29, 1.82) is 0 Å². The summed E-state index contributed by atoms with van der Waals surface area (Å²) in [6.07, 6.45) is 12.9. The van der Waals surface area contributed by atoms with E-state index in [0.29, 0.717) is 12.8 Å². The second-order valence-electron chi connectivity index (χ2n) is 6.63. The van der Waals surface area contributed by atoms with E-state index in [1.807, 2.05) is 18.2 Å². The van der Waals surface area contributed by atoms with Gasteiger partial charge in [-0.2, -0.15) is 0 Å². The highest BCUT2D eigenvalue weighted by Gasteiger charge is 2.39. The fourth-order valence-electron chi connectivity index (χ4n) is 3.24. The Hall–Kier alpha value is -0.680. The van der Waals surface area contributed by atoms with Gasteiger partial charge in [0.25, 0.3) is 0 Å². The van der Waals surface area contributed by atoms with Gasteiger partial charge < -0.3 is 20.4 Å². The molecule has 4 N–H and O–H groups in total. The van der Waals surface area contributed by atoms with E-state index in [2.05, 4.69) is 6.92 Å². The topological polar surface area (TPSA) is 80.9 Å². The zero-order valence-electron chi connectivity index (χ0n) is 14.3. The molecule has 0 heterocycles. The molecule has 0 bridgehead atoms. The van der Waals surface area contributed by atoms with Crippen molar-refractivity contribution in [3.63, 3.8) is 0 Å². The smallest absolute Gasteiger partial charge is 0.0721 e. The van der Waals surface area contributed by atoms with Gasteiger partial charge in [-0.3, -0.25) is 0 Å². The molecule has 1 saturated carbocycles. The van der Waals surface area contributed by atoms with Crippen LogP contribution in [0.15, 0.2) is 24.3 Å². The zero-order valence-corrected chi connectivity index (χ0v) is 14.3. The second kappa shape index (κ2) is 11.8. The highest BCUT2D eigenvalue weighted by atomic mass is 16.3. The van der Waals surface area contributed by atoms with Gasteiger partial charge in [-0.1, -0.05) is 50.5 Å². The largest absolute Gasteiger partial charge is 0.396 e. The van der Waals surface area contributed by atoms with Gasteiger partial charge in [-0.15, -0.1) is 0 Å². The molecule has 1 aliphatic rings. The quantitative estimate of drug-likeness (QED) is 0.347. The third kappa shape index (κ3) is 7.62. The summed E-state index contributed by atoms with van der Waals surface area (Å²) in [5, 5.41) is 39.0. The van der Waals surface area contributed by atoms with Crippen molar-refractivity contribution in [2.24, 2.45) is 11.8 Å². The molecule has 1 aliphatic carbocycles. The molecule has 0 saturated heterocycles. The average molecular weight is 326 g/mol. The van der Waals surface area contributed by atoms with Gasteiger partial charge in [0.1, 0.15) is 0 Å². The number of aliphatic hydroxyl groups excluding tert-OH is 4. The Kier molecular flexibility index (Phi) is 10.4. The molecule has 0 amide bonds. The average Bonchev–Trinajstić information content (AvgIpc) is 2.79. The van der Waals surface area contributed by atoms with Crippen LogP contribution in [0.25, 0.3) is 0 Å². The third-order valence-corrected chi connectivity index (χ3v) is 4.68. The first-order valence-corrected chi connectivity index (χ1v) is 9.08. The minimum Gasteiger partial charge on any atom is -0.396 e. The molecule has 1 rings (SSSR count). The third-order valence-electron chi connectivity index (χ3n) is 4.68. The Labute approximate surface area is 140 Å². The molecule has 0 unspecified atom stereocenters. The van der Waals surface area contributed by atoms with Crippen LogP contribution >= 0.6 is 0 Å². The van der Waals surface area contributed by atoms with Gasteiger partial charge in [0, 0.05) is 18.9 Å². The lowest BCUT2D eigenvalue weighted by atomic mass is 9.89. The predicted molar refractivity (Wildman–Crippen MR) is 93.0 cm³/mol. The molecule has 5 atom stereocenters. The van der Waals surface area contributed by atoms with E-state index in [-0.39, 0.29) is 18.4 Å². The molecular weight excluding hydrogens is 292 g/mol. The standard InChI is InChI=1S/C19H34O4/c1-2-3-6-9-15(21)11-12-17-16(18(22)14-19(17)23)10-7-4-5-8-13-20/h4,7,11-12,15-23H,2-3,5-6,8-10,13-14H2,1H3/b7-4-,12-11+/t15-,16+,17+,18-,19+/m0/s1. The Bertz CT molecular complexity index is 353. The molecule has 0 aromatic carbocycles. The summed E-state index contributed by atoms with van der Waals surface area (Å²) in [4.78, 5) is 0. The van der Waals surface area contributed by atoms with Crippen molar-refractivity contribution in [3.05, 3.63) is 24.3 Å². The lowest BCUT2D eigenvalue weighted by Gasteiger charge is -2.19. The molecule has 0 aromatic rings. The molecule has 0 aliphatic heterocycles. The zero-order chi connectivity index (χ0) is 17.1.